The van der Waals surface area contributed by atoms with Crippen LogP contribution in [0.3, 0.4) is 0 Å². The molecule has 1 rings (SSSR count). The van der Waals surface area contributed by atoms with E-state index in [0.717, 1.165) is 22.6 Å². The fraction of sp³-hybridized carbons (Fsp3) is 0.417. The summed E-state index contributed by atoms with van der Waals surface area (Å²) in [5, 5.41) is 0. The molecule has 4 nitrogen and oxygen atoms in total. The minimum absolute atomic E-state index is 0.382. The number of anilines is 1. The molecule has 0 aromatic heterocycles. The second-order valence-electron chi connectivity index (χ2n) is 3.57. The van der Waals surface area contributed by atoms with Crippen molar-refractivity contribution in [2.24, 2.45) is 0 Å². The van der Waals surface area contributed by atoms with Crippen LogP contribution in [0.15, 0.2) is 12.1 Å². The predicted octanol–water partition coefficient (Wildman–Crippen LogP) is 2.51. The van der Waals surface area contributed by atoms with E-state index >= 15 is 0 Å². The van der Waals surface area contributed by atoms with Crippen LogP contribution in [0.4, 0.5) is 10.5 Å². The van der Waals surface area contributed by atoms with E-state index in [9.17, 15) is 4.79 Å². The third-order valence-corrected chi connectivity index (χ3v) is 2.74. The largest absolute Gasteiger partial charge is 0.496 e. The summed E-state index contributed by atoms with van der Waals surface area (Å²) in [6, 6.07) is 3.69. The van der Waals surface area contributed by atoms with E-state index in [1.54, 1.807) is 14.2 Å². The van der Waals surface area contributed by atoms with Crippen LogP contribution in [0.1, 0.15) is 11.1 Å². The highest BCUT2D eigenvalue weighted by Crippen LogP contribution is 2.29. The summed E-state index contributed by atoms with van der Waals surface area (Å²) in [4.78, 5) is 12.9. The Morgan fingerprint density at radius 1 is 1.19 bits per heavy atom. The second kappa shape index (κ2) is 4.88. The number of carbonyl (C=O) groups is 1. The van der Waals surface area contributed by atoms with Crippen LogP contribution in [0, 0.1) is 13.8 Å². The van der Waals surface area contributed by atoms with Gasteiger partial charge in [0.15, 0.2) is 0 Å². The Balaban J connectivity index is 3.17. The number of rotatable bonds is 2. The first-order chi connectivity index (χ1) is 7.52. The van der Waals surface area contributed by atoms with Crippen LogP contribution in [0.25, 0.3) is 0 Å². The van der Waals surface area contributed by atoms with E-state index in [0.29, 0.717) is 0 Å². The van der Waals surface area contributed by atoms with Crippen molar-refractivity contribution in [1.82, 2.24) is 0 Å². The SMILES string of the molecule is COC(=O)N(C)c1ccc(OC)c(C)c1C. The molecule has 0 unspecified atom stereocenters. The normalized spacial score (nSPS) is 9.81. The topological polar surface area (TPSA) is 38.8 Å². The Hall–Kier alpha value is -1.71. The molecular formula is C12H17NO3. The maximum Gasteiger partial charge on any atom is 0.413 e. The minimum Gasteiger partial charge on any atom is -0.496 e. The van der Waals surface area contributed by atoms with E-state index < -0.39 is 0 Å². The molecular weight excluding hydrogens is 206 g/mol. The van der Waals surface area contributed by atoms with Crippen molar-refractivity contribution in [3.63, 3.8) is 0 Å². The van der Waals surface area contributed by atoms with Crippen LogP contribution in [0.2, 0.25) is 0 Å². The molecule has 0 saturated heterocycles. The smallest absolute Gasteiger partial charge is 0.413 e. The zero-order valence-electron chi connectivity index (χ0n) is 10.3. The minimum atomic E-state index is -0.382. The van der Waals surface area contributed by atoms with E-state index in [4.69, 9.17) is 4.74 Å². The lowest BCUT2D eigenvalue weighted by molar-refractivity contribution is 0.180. The van der Waals surface area contributed by atoms with Gasteiger partial charge < -0.3 is 9.47 Å². The van der Waals surface area contributed by atoms with Crippen molar-refractivity contribution in [1.29, 1.82) is 0 Å². The van der Waals surface area contributed by atoms with Gasteiger partial charge in [0.2, 0.25) is 0 Å². The molecule has 0 bridgehead atoms. The van der Waals surface area contributed by atoms with Crippen molar-refractivity contribution in [2.75, 3.05) is 26.2 Å². The Morgan fingerprint density at radius 2 is 1.81 bits per heavy atom. The van der Waals surface area contributed by atoms with Gasteiger partial charge in [-0.3, -0.25) is 4.90 Å². The maximum absolute atomic E-state index is 11.4. The third kappa shape index (κ3) is 2.10. The van der Waals surface area contributed by atoms with E-state index in [-0.39, 0.29) is 6.09 Å². The summed E-state index contributed by atoms with van der Waals surface area (Å²) < 4.78 is 9.89. The number of benzene rings is 1. The standard InChI is InChI=1S/C12H17NO3/c1-8-9(2)11(15-4)7-6-10(8)13(3)12(14)16-5/h6-7H,1-5H3. The first kappa shape index (κ1) is 12.4. The molecule has 0 radical (unpaired) electrons. The van der Waals surface area contributed by atoms with Crippen LogP contribution < -0.4 is 9.64 Å². The Labute approximate surface area is 95.8 Å². The van der Waals surface area contributed by atoms with Gasteiger partial charge in [-0.2, -0.15) is 0 Å². The first-order valence-electron chi connectivity index (χ1n) is 4.98. The third-order valence-electron chi connectivity index (χ3n) is 2.74. The van der Waals surface area contributed by atoms with Gasteiger partial charge in [0.25, 0.3) is 0 Å². The van der Waals surface area contributed by atoms with Crippen LogP contribution >= 0.6 is 0 Å². The zero-order valence-corrected chi connectivity index (χ0v) is 10.3. The molecule has 0 saturated carbocycles. The summed E-state index contributed by atoms with van der Waals surface area (Å²) in [5.41, 5.74) is 2.85. The lowest BCUT2D eigenvalue weighted by Gasteiger charge is -2.20. The monoisotopic (exact) mass is 223 g/mol. The molecule has 0 aliphatic carbocycles. The van der Waals surface area contributed by atoms with Gasteiger partial charge in [-0.25, -0.2) is 4.79 Å². The molecule has 16 heavy (non-hydrogen) atoms. The highest BCUT2D eigenvalue weighted by molar-refractivity contribution is 5.88. The van der Waals surface area contributed by atoms with E-state index in [1.807, 2.05) is 26.0 Å². The fourth-order valence-corrected chi connectivity index (χ4v) is 1.60. The number of methoxy groups -OCH3 is 2. The Bertz CT molecular complexity index is 401. The molecule has 0 aliphatic heterocycles. The molecule has 0 aliphatic rings. The molecule has 4 heteroatoms. The van der Waals surface area contributed by atoms with E-state index in [2.05, 4.69) is 4.74 Å². The van der Waals surface area contributed by atoms with Gasteiger partial charge in [0.1, 0.15) is 5.75 Å². The molecule has 0 fully saturated rings. The average Bonchev–Trinajstić information content (AvgIpc) is 2.30. The summed E-state index contributed by atoms with van der Waals surface area (Å²) >= 11 is 0. The molecule has 1 aromatic rings. The molecule has 1 aromatic carbocycles. The Morgan fingerprint density at radius 3 is 2.31 bits per heavy atom. The maximum atomic E-state index is 11.4. The fourth-order valence-electron chi connectivity index (χ4n) is 1.60. The summed E-state index contributed by atoms with van der Waals surface area (Å²) in [6.45, 7) is 3.91. The van der Waals surface area contributed by atoms with Crippen LogP contribution in [0.5, 0.6) is 5.75 Å². The number of hydrogen-bond acceptors (Lipinski definition) is 3. The number of carbonyl (C=O) groups excluding carboxylic acids is 1. The van der Waals surface area contributed by atoms with Crippen molar-refractivity contribution >= 4 is 11.8 Å². The van der Waals surface area contributed by atoms with Gasteiger partial charge in [-0.05, 0) is 37.1 Å². The van der Waals surface area contributed by atoms with Crippen molar-refractivity contribution in [2.45, 2.75) is 13.8 Å². The van der Waals surface area contributed by atoms with Gasteiger partial charge >= 0.3 is 6.09 Å². The summed E-state index contributed by atoms with van der Waals surface area (Å²) in [6.07, 6.45) is -0.382. The summed E-state index contributed by atoms with van der Waals surface area (Å²) in [5.74, 6) is 0.819. The van der Waals surface area contributed by atoms with Crippen LogP contribution in [-0.4, -0.2) is 27.4 Å². The predicted molar refractivity (Wildman–Crippen MR) is 63.3 cm³/mol. The molecule has 0 heterocycles. The number of ether oxygens (including phenoxy) is 2. The summed E-state index contributed by atoms with van der Waals surface area (Å²) in [7, 11) is 4.68. The molecule has 0 spiro atoms. The Kier molecular flexibility index (Phi) is 3.77. The molecule has 1 amide bonds. The van der Waals surface area contributed by atoms with Crippen molar-refractivity contribution in [3.8, 4) is 5.75 Å². The number of nitrogens with zero attached hydrogens (tertiary/aromatic N) is 1. The van der Waals surface area contributed by atoms with Gasteiger partial charge in [-0.1, -0.05) is 0 Å². The second-order valence-corrected chi connectivity index (χ2v) is 3.57. The van der Waals surface area contributed by atoms with Gasteiger partial charge in [0.05, 0.1) is 19.9 Å². The van der Waals surface area contributed by atoms with Crippen molar-refractivity contribution < 1.29 is 14.3 Å². The lowest BCUT2D eigenvalue weighted by Crippen LogP contribution is -2.26. The lowest BCUT2D eigenvalue weighted by atomic mass is 10.1. The highest BCUT2D eigenvalue weighted by atomic mass is 16.5. The zero-order chi connectivity index (χ0) is 12.3. The number of hydrogen-bond donors (Lipinski definition) is 0. The first-order valence-corrected chi connectivity index (χ1v) is 4.98. The van der Waals surface area contributed by atoms with Crippen molar-refractivity contribution in [3.05, 3.63) is 23.3 Å². The number of amides is 1. The van der Waals surface area contributed by atoms with Gasteiger partial charge in [-0.15, -0.1) is 0 Å². The molecule has 0 atom stereocenters. The average molecular weight is 223 g/mol. The molecule has 88 valence electrons. The quantitative estimate of drug-likeness (QED) is 0.773. The highest BCUT2D eigenvalue weighted by Gasteiger charge is 2.15. The van der Waals surface area contributed by atoms with Gasteiger partial charge in [0, 0.05) is 7.05 Å². The molecule has 0 N–H and O–H groups in total. The van der Waals surface area contributed by atoms with Crippen LogP contribution in [-0.2, 0) is 4.74 Å². The van der Waals surface area contributed by atoms with E-state index in [1.165, 1.54) is 12.0 Å².